The summed E-state index contributed by atoms with van der Waals surface area (Å²) < 4.78 is 0. The van der Waals surface area contributed by atoms with Gasteiger partial charge in [-0.2, -0.15) is 10.5 Å². The molecular weight excluding hydrogens is 512 g/mol. The third-order valence-electron chi connectivity index (χ3n) is 7.36. The molecule has 0 spiro atoms. The fraction of sp³-hybridized carbons (Fsp3) is 0.0263. The lowest BCUT2D eigenvalue weighted by molar-refractivity contribution is 1.45. The molecule has 3 N–H and O–H groups in total. The molecular formula is C38H28N4. The van der Waals surface area contributed by atoms with Gasteiger partial charge in [0, 0.05) is 12.4 Å². The first-order valence-electron chi connectivity index (χ1n) is 13.5. The van der Waals surface area contributed by atoms with E-state index in [2.05, 4.69) is 85.4 Å². The van der Waals surface area contributed by atoms with E-state index in [-0.39, 0.29) is 5.57 Å². The van der Waals surface area contributed by atoms with Crippen LogP contribution in [0, 0.1) is 28.1 Å². The third kappa shape index (κ3) is 5.26. The standard InChI is InChI=1S/C38H28N4/c1-25(17-27(21-39)22-40)29-9-7-11-31(19-29)37-33-13-3-5-15-35(33)38(36-16-6-4-14-34(36)37)32-12-8-10-30(20-32)26(2)18-28(23-41)24-42/h3-21,23,39H,1,41H2,2H3/b26-18+,27-17+,28-23+,39-21?. The Bertz CT molecular complexity index is 2000. The largest absolute Gasteiger partial charge is 0.404 e. The molecule has 0 amide bonds. The second-order valence-electron chi connectivity index (χ2n) is 9.94. The molecule has 0 fully saturated rings. The normalized spacial score (nSPS) is 12.1. The van der Waals surface area contributed by atoms with Gasteiger partial charge in [-0.05, 0) is 97.3 Å². The van der Waals surface area contributed by atoms with Crippen molar-refractivity contribution in [3.05, 3.63) is 144 Å². The zero-order valence-corrected chi connectivity index (χ0v) is 23.2. The zero-order chi connectivity index (χ0) is 29.6. The highest BCUT2D eigenvalue weighted by atomic mass is 14.5. The van der Waals surface area contributed by atoms with Gasteiger partial charge < -0.3 is 11.1 Å². The summed E-state index contributed by atoms with van der Waals surface area (Å²) >= 11 is 0. The first-order valence-corrected chi connectivity index (χ1v) is 13.5. The van der Waals surface area contributed by atoms with Gasteiger partial charge in [0.25, 0.3) is 0 Å². The minimum atomic E-state index is 0.251. The Morgan fingerprint density at radius 2 is 1.17 bits per heavy atom. The molecule has 200 valence electrons. The van der Waals surface area contributed by atoms with E-state index in [4.69, 9.17) is 11.1 Å². The van der Waals surface area contributed by atoms with E-state index in [0.717, 1.165) is 66.7 Å². The Morgan fingerprint density at radius 3 is 1.62 bits per heavy atom. The van der Waals surface area contributed by atoms with Crippen LogP contribution in [0.25, 0.3) is 54.9 Å². The smallest absolute Gasteiger partial charge is 0.101 e. The molecule has 0 bridgehead atoms. The van der Waals surface area contributed by atoms with Gasteiger partial charge in [-0.1, -0.05) is 91.5 Å². The Kier molecular flexibility index (Phi) is 7.91. The number of nitrogens with two attached hydrogens (primary N) is 1. The monoisotopic (exact) mass is 540 g/mol. The van der Waals surface area contributed by atoms with Crippen LogP contribution in [-0.4, -0.2) is 6.21 Å². The molecule has 0 aromatic heterocycles. The average molecular weight is 541 g/mol. The van der Waals surface area contributed by atoms with E-state index >= 15 is 0 Å². The molecule has 5 aromatic carbocycles. The molecule has 0 radical (unpaired) electrons. The van der Waals surface area contributed by atoms with Crippen LogP contribution in [-0.2, 0) is 0 Å². The maximum Gasteiger partial charge on any atom is 0.101 e. The van der Waals surface area contributed by atoms with E-state index in [1.165, 1.54) is 6.20 Å². The average Bonchev–Trinajstić information content (AvgIpc) is 3.04. The van der Waals surface area contributed by atoms with E-state index < -0.39 is 0 Å². The Hall–Kier alpha value is -5.97. The molecule has 0 aliphatic rings. The highest BCUT2D eigenvalue weighted by molar-refractivity contribution is 6.21. The molecule has 5 rings (SSSR count). The molecule has 0 unspecified atom stereocenters. The summed E-state index contributed by atoms with van der Waals surface area (Å²) in [5.41, 5.74) is 14.2. The maximum absolute atomic E-state index is 9.35. The molecule has 0 heterocycles. The first-order chi connectivity index (χ1) is 20.5. The van der Waals surface area contributed by atoms with E-state index in [9.17, 15) is 10.5 Å². The lowest BCUT2D eigenvalue weighted by Gasteiger charge is -2.18. The van der Waals surface area contributed by atoms with Gasteiger partial charge in [-0.3, -0.25) is 0 Å². The van der Waals surface area contributed by atoms with Crippen LogP contribution in [0.3, 0.4) is 0 Å². The van der Waals surface area contributed by atoms with Gasteiger partial charge in [-0.15, -0.1) is 0 Å². The minimum absolute atomic E-state index is 0.251. The lowest BCUT2D eigenvalue weighted by Crippen LogP contribution is -1.92. The van der Waals surface area contributed by atoms with E-state index in [1.807, 2.05) is 37.3 Å². The van der Waals surface area contributed by atoms with Crippen LogP contribution < -0.4 is 5.73 Å². The van der Waals surface area contributed by atoms with Gasteiger partial charge in [0.2, 0.25) is 0 Å². The summed E-state index contributed by atoms with van der Waals surface area (Å²) in [5, 5.41) is 30.6. The van der Waals surface area contributed by atoms with Crippen LogP contribution in [0.1, 0.15) is 18.1 Å². The summed E-state index contributed by atoms with van der Waals surface area (Å²) in [6.45, 7) is 6.14. The SMILES string of the molecule is C=C(/C=C(/C#N)C=N)c1cccc(-c2c3ccccc3c(-c3cccc(/C(C)=C/C(C#N)=C\N)c3)c3ccccc23)c1. The number of allylic oxidation sites excluding steroid dienone is 6. The van der Waals surface area contributed by atoms with Crippen molar-refractivity contribution in [2.45, 2.75) is 6.92 Å². The van der Waals surface area contributed by atoms with E-state index in [1.54, 1.807) is 12.2 Å². The molecule has 0 aliphatic carbocycles. The predicted octanol–water partition coefficient (Wildman–Crippen LogP) is 9.21. The van der Waals surface area contributed by atoms with Crippen molar-refractivity contribution in [2.24, 2.45) is 5.73 Å². The number of nitrogens with one attached hydrogen (secondary N) is 1. The highest BCUT2D eigenvalue weighted by Gasteiger charge is 2.17. The molecule has 0 saturated carbocycles. The Balaban J connectivity index is 1.76. The molecule has 0 aliphatic heterocycles. The van der Waals surface area contributed by atoms with Crippen molar-refractivity contribution in [1.29, 1.82) is 15.9 Å². The van der Waals surface area contributed by atoms with Crippen molar-refractivity contribution in [3.8, 4) is 34.4 Å². The predicted molar refractivity (Wildman–Crippen MR) is 175 cm³/mol. The Labute approximate surface area is 245 Å². The topological polar surface area (TPSA) is 97.5 Å². The van der Waals surface area contributed by atoms with Gasteiger partial charge in [0.1, 0.15) is 12.1 Å². The van der Waals surface area contributed by atoms with Crippen molar-refractivity contribution in [3.63, 3.8) is 0 Å². The second-order valence-corrected chi connectivity index (χ2v) is 9.94. The molecule has 0 saturated heterocycles. The van der Waals surface area contributed by atoms with Gasteiger partial charge in [0.05, 0.1) is 11.1 Å². The van der Waals surface area contributed by atoms with Crippen LogP contribution >= 0.6 is 0 Å². The molecule has 4 heteroatoms. The number of nitrogens with zero attached hydrogens (tertiary/aromatic N) is 2. The van der Waals surface area contributed by atoms with Crippen LogP contribution in [0.2, 0.25) is 0 Å². The number of hydrogen-bond acceptors (Lipinski definition) is 4. The molecule has 42 heavy (non-hydrogen) atoms. The number of hydrogen-bond donors (Lipinski definition) is 2. The Morgan fingerprint density at radius 1 is 0.690 bits per heavy atom. The summed E-state index contributed by atoms with van der Waals surface area (Å²) in [6.07, 6.45) is 5.80. The van der Waals surface area contributed by atoms with Gasteiger partial charge >= 0.3 is 0 Å². The number of fused-ring (bicyclic) bond motifs is 2. The van der Waals surface area contributed by atoms with E-state index in [0.29, 0.717) is 11.1 Å². The number of nitriles is 2. The summed E-state index contributed by atoms with van der Waals surface area (Å²) in [4.78, 5) is 0. The van der Waals surface area contributed by atoms with Crippen molar-refractivity contribution in [1.82, 2.24) is 0 Å². The quantitative estimate of drug-likeness (QED) is 0.0931. The molecule has 5 aromatic rings. The van der Waals surface area contributed by atoms with Crippen molar-refractivity contribution >= 4 is 38.9 Å². The van der Waals surface area contributed by atoms with Crippen molar-refractivity contribution in [2.75, 3.05) is 0 Å². The lowest BCUT2D eigenvalue weighted by atomic mass is 9.85. The highest BCUT2D eigenvalue weighted by Crippen LogP contribution is 2.44. The number of rotatable bonds is 7. The number of benzene rings is 5. The molecule has 4 nitrogen and oxygen atoms in total. The zero-order valence-electron chi connectivity index (χ0n) is 23.2. The van der Waals surface area contributed by atoms with Crippen LogP contribution in [0.4, 0.5) is 0 Å². The van der Waals surface area contributed by atoms with Gasteiger partial charge in [0.15, 0.2) is 0 Å². The summed E-state index contributed by atoms with van der Waals surface area (Å²) in [6, 6.07) is 37.6. The fourth-order valence-electron chi connectivity index (χ4n) is 5.36. The summed E-state index contributed by atoms with van der Waals surface area (Å²) in [7, 11) is 0. The summed E-state index contributed by atoms with van der Waals surface area (Å²) in [5.74, 6) is 0. The molecule has 0 atom stereocenters. The fourth-order valence-corrected chi connectivity index (χ4v) is 5.36. The van der Waals surface area contributed by atoms with Crippen LogP contribution in [0.5, 0.6) is 0 Å². The second kappa shape index (κ2) is 12.0. The third-order valence-corrected chi connectivity index (χ3v) is 7.36. The van der Waals surface area contributed by atoms with Crippen molar-refractivity contribution < 1.29 is 0 Å². The maximum atomic E-state index is 9.35. The van der Waals surface area contributed by atoms with Gasteiger partial charge in [-0.25, -0.2) is 0 Å². The first kappa shape index (κ1) is 27.6. The minimum Gasteiger partial charge on any atom is -0.404 e. The van der Waals surface area contributed by atoms with Crippen LogP contribution in [0.15, 0.2) is 133 Å².